The smallest absolute Gasteiger partial charge is 0.248 e. The molecule has 1 amide bonds. The Hall–Kier alpha value is -1.96. The maximum absolute atomic E-state index is 12.4. The van der Waals surface area contributed by atoms with Crippen LogP contribution in [0.5, 0.6) is 0 Å². The van der Waals surface area contributed by atoms with E-state index in [1.165, 1.54) is 18.2 Å². The van der Waals surface area contributed by atoms with E-state index in [1.54, 1.807) is 39.0 Å². The zero-order chi connectivity index (χ0) is 19.4. The Morgan fingerprint density at radius 3 is 2.42 bits per heavy atom. The van der Waals surface area contributed by atoms with Crippen LogP contribution in [-0.2, 0) is 14.8 Å². The van der Waals surface area contributed by atoms with E-state index < -0.39 is 15.6 Å². The number of halogens is 1. The lowest BCUT2D eigenvalue weighted by molar-refractivity contribution is -0.111. The van der Waals surface area contributed by atoms with Gasteiger partial charge in [0, 0.05) is 21.8 Å². The predicted octanol–water partition coefficient (Wildman–Crippen LogP) is 4.18. The summed E-state index contributed by atoms with van der Waals surface area (Å²) in [6, 6.07) is 13.7. The summed E-state index contributed by atoms with van der Waals surface area (Å²) in [6.45, 7) is 5.30. The molecule has 2 rings (SSSR count). The van der Waals surface area contributed by atoms with Gasteiger partial charge < -0.3 is 5.32 Å². The number of carbonyl (C=O) groups excluding carboxylic acids is 1. The maximum Gasteiger partial charge on any atom is 0.248 e. The van der Waals surface area contributed by atoms with Crippen LogP contribution in [-0.4, -0.2) is 19.9 Å². The van der Waals surface area contributed by atoms with Gasteiger partial charge in [-0.15, -0.1) is 0 Å². The molecule has 0 aliphatic rings. The minimum absolute atomic E-state index is 0.0972. The molecular weight excluding hydrogens is 416 g/mol. The molecule has 0 saturated carbocycles. The van der Waals surface area contributed by atoms with Gasteiger partial charge in [-0.05, 0) is 56.7 Å². The normalized spacial score (nSPS) is 12.3. The van der Waals surface area contributed by atoms with E-state index in [0.717, 1.165) is 10.0 Å². The minimum atomic E-state index is -3.66. The second-order valence-corrected chi connectivity index (χ2v) is 9.26. The third-order valence-corrected chi connectivity index (χ3v) is 5.65. The summed E-state index contributed by atoms with van der Waals surface area (Å²) in [5, 5.41) is 2.67. The summed E-state index contributed by atoms with van der Waals surface area (Å²) < 4.78 is 28.2. The summed E-state index contributed by atoms with van der Waals surface area (Å²) >= 11 is 3.41. The molecule has 26 heavy (non-hydrogen) atoms. The molecular formula is C19H21BrN2O3S. The summed E-state index contributed by atoms with van der Waals surface area (Å²) in [5.41, 5.74) is 0.682. The number of nitrogens with one attached hydrogen (secondary N) is 2. The molecule has 0 aliphatic heterocycles. The van der Waals surface area contributed by atoms with Gasteiger partial charge in [0.05, 0.1) is 4.90 Å². The highest BCUT2D eigenvalue weighted by atomic mass is 79.9. The Bertz CT molecular complexity index is 932. The van der Waals surface area contributed by atoms with Crippen LogP contribution >= 0.6 is 15.9 Å². The molecule has 2 N–H and O–H groups in total. The monoisotopic (exact) mass is 436 g/mol. The Morgan fingerprint density at radius 1 is 1.08 bits per heavy atom. The van der Waals surface area contributed by atoms with Crippen molar-refractivity contribution in [2.45, 2.75) is 31.2 Å². The number of sulfonamides is 1. The molecule has 7 heteroatoms. The first kappa shape index (κ1) is 20.4. The van der Waals surface area contributed by atoms with E-state index in [1.807, 2.05) is 24.3 Å². The van der Waals surface area contributed by atoms with Gasteiger partial charge in [0.15, 0.2) is 0 Å². The highest BCUT2D eigenvalue weighted by Gasteiger charge is 2.22. The third-order valence-electron chi connectivity index (χ3n) is 3.17. The quantitative estimate of drug-likeness (QED) is 0.690. The molecule has 2 aromatic carbocycles. The van der Waals surface area contributed by atoms with Crippen LogP contribution in [0.25, 0.3) is 6.08 Å². The van der Waals surface area contributed by atoms with E-state index in [4.69, 9.17) is 0 Å². The van der Waals surface area contributed by atoms with Crippen molar-refractivity contribution in [1.29, 1.82) is 0 Å². The van der Waals surface area contributed by atoms with E-state index in [9.17, 15) is 13.2 Å². The van der Waals surface area contributed by atoms with Crippen molar-refractivity contribution in [1.82, 2.24) is 4.72 Å². The second-order valence-electron chi connectivity index (χ2n) is 6.73. The highest BCUT2D eigenvalue weighted by molar-refractivity contribution is 9.10. The average Bonchev–Trinajstić information content (AvgIpc) is 2.52. The van der Waals surface area contributed by atoms with Gasteiger partial charge in [0.25, 0.3) is 0 Å². The fraction of sp³-hybridized carbons (Fsp3) is 0.211. The van der Waals surface area contributed by atoms with E-state index in [0.29, 0.717) is 5.69 Å². The summed E-state index contributed by atoms with van der Waals surface area (Å²) in [5.74, 6) is -0.348. The number of carbonyl (C=O) groups is 1. The zero-order valence-electron chi connectivity index (χ0n) is 14.8. The molecule has 0 fully saturated rings. The molecule has 0 aromatic heterocycles. The molecule has 0 atom stereocenters. The van der Waals surface area contributed by atoms with Crippen LogP contribution in [0.15, 0.2) is 64.0 Å². The van der Waals surface area contributed by atoms with Crippen LogP contribution in [0.4, 0.5) is 5.69 Å². The topological polar surface area (TPSA) is 75.3 Å². The van der Waals surface area contributed by atoms with Crippen molar-refractivity contribution in [2.24, 2.45) is 0 Å². The minimum Gasteiger partial charge on any atom is -0.322 e. The average molecular weight is 437 g/mol. The zero-order valence-corrected chi connectivity index (χ0v) is 17.2. The van der Waals surface area contributed by atoms with Gasteiger partial charge in [-0.3, -0.25) is 4.79 Å². The first-order valence-corrected chi connectivity index (χ1v) is 10.2. The standard InChI is InChI=1S/C19H21BrN2O3S/c1-19(2,3)22-26(24,25)16-9-6-8-15(13-16)21-18(23)12-11-14-7-4-5-10-17(14)20/h4-13,22H,1-3H3,(H,21,23). The number of hydrogen-bond acceptors (Lipinski definition) is 3. The Morgan fingerprint density at radius 2 is 1.77 bits per heavy atom. The summed E-state index contributed by atoms with van der Waals surface area (Å²) in [4.78, 5) is 12.2. The fourth-order valence-corrected chi connectivity index (χ4v) is 4.04. The SMILES string of the molecule is CC(C)(C)NS(=O)(=O)c1cccc(NC(=O)C=Cc2ccccc2Br)c1. The predicted molar refractivity (Wildman–Crippen MR) is 108 cm³/mol. The van der Waals surface area contributed by atoms with Crippen LogP contribution in [0, 0.1) is 0 Å². The molecule has 5 nitrogen and oxygen atoms in total. The van der Waals surface area contributed by atoms with Crippen LogP contribution in [0.2, 0.25) is 0 Å². The van der Waals surface area contributed by atoms with Crippen molar-refractivity contribution in [3.05, 3.63) is 64.6 Å². The third kappa shape index (κ3) is 6.09. The second kappa shape index (κ2) is 8.16. The largest absolute Gasteiger partial charge is 0.322 e. The van der Waals surface area contributed by atoms with Gasteiger partial charge in [-0.1, -0.05) is 40.2 Å². The van der Waals surface area contributed by atoms with E-state index in [2.05, 4.69) is 26.0 Å². The Labute approximate surface area is 162 Å². The van der Waals surface area contributed by atoms with Crippen molar-refractivity contribution in [3.8, 4) is 0 Å². The number of benzene rings is 2. The molecule has 0 radical (unpaired) electrons. The van der Waals surface area contributed by atoms with Crippen molar-refractivity contribution >= 4 is 43.6 Å². The lowest BCUT2D eigenvalue weighted by atomic mass is 10.1. The van der Waals surface area contributed by atoms with Gasteiger partial charge in [-0.2, -0.15) is 0 Å². The van der Waals surface area contributed by atoms with Crippen molar-refractivity contribution in [3.63, 3.8) is 0 Å². The first-order chi connectivity index (χ1) is 12.1. The van der Waals surface area contributed by atoms with Gasteiger partial charge in [-0.25, -0.2) is 13.1 Å². The molecule has 0 heterocycles. The lowest BCUT2D eigenvalue weighted by Crippen LogP contribution is -2.40. The maximum atomic E-state index is 12.4. The summed E-state index contributed by atoms with van der Waals surface area (Å²) in [7, 11) is -3.66. The molecule has 0 unspecified atom stereocenters. The first-order valence-electron chi connectivity index (χ1n) is 7.94. The van der Waals surface area contributed by atoms with Crippen LogP contribution in [0.1, 0.15) is 26.3 Å². The van der Waals surface area contributed by atoms with Gasteiger partial charge in [0.2, 0.25) is 15.9 Å². The van der Waals surface area contributed by atoms with Crippen molar-refractivity contribution < 1.29 is 13.2 Å². The van der Waals surface area contributed by atoms with E-state index >= 15 is 0 Å². The molecule has 138 valence electrons. The number of hydrogen-bond donors (Lipinski definition) is 2. The molecule has 0 aliphatic carbocycles. The van der Waals surface area contributed by atoms with Crippen LogP contribution in [0.3, 0.4) is 0 Å². The van der Waals surface area contributed by atoms with Gasteiger partial charge >= 0.3 is 0 Å². The molecule has 2 aromatic rings. The van der Waals surface area contributed by atoms with Crippen LogP contribution < -0.4 is 10.0 Å². The lowest BCUT2D eigenvalue weighted by Gasteiger charge is -2.20. The Kier molecular flexibility index (Phi) is 6.39. The number of amides is 1. The van der Waals surface area contributed by atoms with Crippen molar-refractivity contribution in [2.75, 3.05) is 5.32 Å². The number of rotatable bonds is 5. The van der Waals surface area contributed by atoms with Gasteiger partial charge in [0.1, 0.15) is 0 Å². The van der Waals surface area contributed by atoms with E-state index in [-0.39, 0.29) is 10.8 Å². The Balaban J connectivity index is 2.13. The highest BCUT2D eigenvalue weighted by Crippen LogP contribution is 2.19. The molecule has 0 bridgehead atoms. The fourth-order valence-electron chi connectivity index (χ4n) is 2.16. The summed E-state index contributed by atoms with van der Waals surface area (Å²) in [6.07, 6.45) is 3.08. The molecule has 0 saturated heterocycles. The molecule has 0 spiro atoms. The number of anilines is 1.